The summed E-state index contributed by atoms with van der Waals surface area (Å²) in [5.74, 6) is -0.399. The Hall–Kier alpha value is -2.20. The van der Waals surface area contributed by atoms with Crippen molar-refractivity contribution in [3.8, 4) is 0 Å². The first kappa shape index (κ1) is 15.2. The third-order valence-electron chi connectivity index (χ3n) is 3.57. The van der Waals surface area contributed by atoms with Crippen molar-refractivity contribution in [3.63, 3.8) is 0 Å². The van der Waals surface area contributed by atoms with Gasteiger partial charge in [0.05, 0.1) is 18.7 Å². The van der Waals surface area contributed by atoms with E-state index in [0.29, 0.717) is 23.0 Å². The van der Waals surface area contributed by atoms with Crippen molar-refractivity contribution in [2.75, 3.05) is 13.1 Å². The minimum absolute atomic E-state index is 0.105. The van der Waals surface area contributed by atoms with Crippen LogP contribution in [0.5, 0.6) is 0 Å². The molecule has 0 saturated heterocycles. The van der Waals surface area contributed by atoms with Gasteiger partial charge in [0.25, 0.3) is 0 Å². The summed E-state index contributed by atoms with van der Waals surface area (Å²) in [4.78, 5) is 16.9. The largest absolute Gasteiger partial charge is 0.358 e. The molecule has 0 saturated carbocycles. The Balaban J connectivity index is 2.50. The number of nitrogens with one attached hydrogen (secondary N) is 2. The van der Waals surface area contributed by atoms with Gasteiger partial charge in [-0.25, -0.2) is 4.39 Å². The number of hydrogen-bond acceptors (Lipinski definition) is 1. The number of pyridine rings is 1. The van der Waals surface area contributed by atoms with E-state index in [1.54, 1.807) is 6.07 Å². The van der Waals surface area contributed by atoms with E-state index in [2.05, 4.69) is 18.1 Å². The Morgan fingerprint density at radius 3 is 2.57 bits per heavy atom. The van der Waals surface area contributed by atoms with E-state index in [1.165, 1.54) is 17.0 Å². The summed E-state index contributed by atoms with van der Waals surface area (Å²) in [7, 11) is 0. The Kier molecular flexibility index (Phi) is 4.70. The highest BCUT2D eigenvalue weighted by Crippen LogP contribution is 2.12. The highest BCUT2D eigenvalue weighted by molar-refractivity contribution is 5.79. The summed E-state index contributed by atoms with van der Waals surface area (Å²) in [6.07, 6.45) is 3.64. The van der Waals surface area contributed by atoms with Crippen molar-refractivity contribution in [2.45, 2.75) is 13.5 Å². The standard InChI is InChI=1S/C17H19FN2O/c1-4-8-20(9-5-2)11-15-12(3)19-16-7-6-13(18)10-14(16)17(15)21/h4-7,10H,1-2,8-9,11H2,3H3,(H,19,21)/p+1. The predicted molar refractivity (Wildman–Crippen MR) is 84.1 cm³/mol. The highest BCUT2D eigenvalue weighted by Gasteiger charge is 2.15. The van der Waals surface area contributed by atoms with E-state index in [9.17, 15) is 9.18 Å². The molecule has 1 aromatic carbocycles. The fourth-order valence-electron chi connectivity index (χ4n) is 2.52. The van der Waals surface area contributed by atoms with Gasteiger partial charge >= 0.3 is 0 Å². The van der Waals surface area contributed by atoms with Gasteiger partial charge in [0.1, 0.15) is 12.4 Å². The van der Waals surface area contributed by atoms with Crippen molar-refractivity contribution in [3.05, 3.63) is 70.8 Å². The fraction of sp³-hybridized carbons (Fsp3) is 0.235. The zero-order chi connectivity index (χ0) is 15.4. The van der Waals surface area contributed by atoms with Gasteiger partial charge < -0.3 is 9.88 Å². The number of hydrogen-bond donors (Lipinski definition) is 2. The summed E-state index contributed by atoms with van der Waals surface area (Å²) in [6, 6.07) is 4.24. The lowest BCUT2D eigenvalue weighted by Gasteiger charge is -2.17. The highest BCUT2D eigenvalue weighted by atomic mass is 19.1. The summed E-state index contributed by atoms with van der Waals surface area (Å²) in [6.45, 7) is 11.4. The van der Waals surface area contributed by atoms with Crippen LogP contribution in [0.25, 0.3) is 10.9 Å². The smallest absolute Gasteiger partial charge is 0.198 e. The lowest BCUT2D eigenvalue weighted by Crippen LogP contribution is -3.10. The maximum atomic E-state index is 13.4. The van der Waals surface area contributed by atoms with Gasteiger partial charge in [-0.05, 0) is 37.3 Å². The Labute approximate surface area is 123 Å². The van der Waals surface area contributed by atoms with Crippen molar-refractivity contribution < 1.29 is 9.29 Å². The van der Waals surface area contributed by atoms with Crippen LogP contribution in [0.15, 0.2) is 48.3 Å². The average Bonchev–Trinajstić information content (AvgIpc) is 2.45. The molecule has 21 heavy (non-hydrogen) atoms. The first-order valence-electron chi connectivity index (χ1n) is 6.93. The molecule has 110 valence electrons. The molecule has 3 nitrogen and oxygen atoms in total. The van der Waals surface area contributed by atoms with Crippen LogP contribution < -0.4 is 10.3 Å². The number of rotatable bonds is 6. The van der Waals surface area contributed by atoms with Crippen molar-refractivity contribution >= 4 is 10.9 Å². The molecule has 0 aliphatic carbocycles. The van der Waals surface area contributed by atoms with Gasteiger partial charge in [-0.15, -0.1) is 0 Å². The lowest BCUT2D eigenvalue weighted by molar-refractivity contribution is -0.902. The monoisotopic (exact) mass is 287 g/mol. The summed E-state index contributed by atoms with van der Waals surface area (Å²) < 4.78 is 13.4. The van der Waals surface area contributed by atoms with E-state index in [-0.39, 0.29) is 5.43 Å². The van der Waals surface area contributed by atoms with E-state index in [0.717, 1.165) is 18.8 Å². The molecule has 0 atom stereocenters. The van der Waals surface area contributed by atoms with Crippen LogP contribution in [0, 0.1) is 12.7 Å². The molecule has 4 heteroatoms. The van der Waals surface area contributed by atoms with Crippen LogP contribution in [0.4, 0.5) is 4.39 Å². The fourth-order valence-corrected chi connectivity index (χ4v) is 2.52. The quantitative estimate of drug-likeness (QED) is 0.780. The van der Waals surface area contributed by atoms with Crippen molar-refractivity contribution in [1.82, 2.24) is 4.98 Å². The number of aromatic nitrogens is 1. The van der Waals surface area contributed by atoms with Crippen LogP contribution in [0.1, 0.15) is 11.3 Å². The molecule has 0 spiro atoms. The molecular formula is C17H20FN2O+. The second-order valence-electron chi connectivity index (χ2n) is 5.16. The molecular weight excluding hydrogens is 267 g/mol. The van der Waals surface area contributed by atoms with Crippen LogP contribution >= 0.6 is 0 Å². The van der Waals surface area contributed by atoms with E-state index >= 15 is 0 Å². The van der Waals surface area contributed by atoms with Gasteiger partial charge in [-0.3, -0.25) is 4.79 Å². The molecule has 0 amide bonds. The first-order chi connectivity index (χ1) is 10.1. The molecule has 2 rings (SSSR count). The summed E-state index contributed by atoms with van der Waals surface area (Å²) >= 11 is 0. The van der Waals surface area contributed by atoms with Crippen molar-refractivity contribution in [1.29, 1.82) is 0 Å². The summed E-state index contributed by atoms with van der Waals surface area (Å²) in [5.41, 5.74) is 2.07. The Bertz CT molecular complexity index is 723. The van der Waals surface area contributed by atoms with Gasteiger partial charge in [0.15, 0.2) is 5.43 Å². The van der Waals surface area contributed by atoms with E-state index < -0.39 is 5.82 Å². The number of benzene rings is 1. The zero-order valence-corrected chi connectivity index (χ0v) is 12.2. The third-order valence-corrected chi connectivity index (χ3v) is 3.57. The number of H-pyrrole nitrogens is 1. The predicted octanol–water partition coefficient (Wildman–Crippen LogP) is 1.73. The molecule has 0 bridgehead atoms. The van der Waals surface area contributed by atoms with Crippen LogP contribution in [0.2, 0.25) is 0 Å². The SMILES string of the molecule is C=CC[NH+](CC=C)Cc1c(C)[nH]c2ccc(F)cc2c1=O. The van der Waals surface area contributed by atoms with E-state index in [4.69, 9.17) is 0 Å². The maximum absolute atomic E-state index is 13.4. The van der Waals surface area contributed by atoms with Gasteiger partial charge in [-0.2, -0.15) is 0 Å². The van der Waals surface area contributed by atoms with Gasteiger partial charge in [0.2, 0.25) is 0 Å². The molecule has 0 radical (unpaired) electrons. The molecule has 1 aromatic heterocycles. The summed E-state index contributed by atoms with van der Waals surface area (Å²) in [5, 5.41) is 0.396. The minimum atomic E-state index is -0.399. The number of fused-ring (bicyclic) bond motifs is 1. The van der Waals surface area contributed by atoms with Crippen molar-refractivity contribution in [2.24, 2.45) is 0 Å². The van der Waals surface area contributed by atoms with Gasteiger partial charge in [-0.1, -0.05) is 13.2 Å². The topological polar surface area (TPSA) is 37.3 Å². The Morgan fingerprint density at radius 2 is 1.95 bits per heavy atom. The van der Waals surface area contributed by atoms with Crippen LogP contribution in [-0.2, 0) is 6.54 Å². The zero-order valence-electron chi connectivity index (χ0n) is 12.2. The molecule has 0 aliphatic rings. The number of aryl methyl sites for hydroxylation is 1. The van der Waals surface area contributed by atoms with Gasteiger partial charge in [0, 0.05) is 16.6 Å². The molecule has 0 unspecified atom stereocenters. The maximum Gasteiger partial charge on any atom is 0.198 e. The van der Waals surface area contributed by atoms with Crippen LogP contribution in [-0.4, -0.2) is 18.1 Å². The first-order valence-corrected chi connectivity index (χ1v) is 6.93. The lowest BCUT2D eigenvalue weighted by atomic mass is 10.1. The Morgan fingerprint density at radius 1 is 1.29 bits per heavy atom. The minimum Gasteiger partial charge on any atom is -0.358 e. The molecule has 0 aliphatic heterocycles. The third kappa shape index (κ3) is 3.28. The normalized spacial score (nSPS) is 11.0. The number of aromatic amines is 1. The van der Waals surface area contributed by atoms with Crippen LogP contribution in [0.3, 0.4) is 0 Å². The number of quaternary nitrogens is 1. The second-order valence-corrected chi connectivity index (χ2v) is 5.16. The molecule has 0 fully saturated rings. The molecule has 2 aromatic rings. The average molecular weight is 287 g/mol. The second kappa shape index (κ2) is 6.50. The number of halogens is 1. The molecule has 1 heterocycles. The van der Waals surface area contributed by atoms with E-state index in [1.807, 2.05) is 19.1 Å². The molecule has 2 N–H and O–H groups in total.